The number of rotatable bonds is 5. The molecule has 1 atom stereocenters. The van der Waals surface area contributed by atoms with E-state index in [9.17, 15) is 4.79 Å². The van der Waals surface area contributed by atoms with Crippen LogP contribution in [0.15, 0.2) is 12.3 Å². The summed E-state index contributed by atoms with van der Waals surface area (Å²) in [7, 11) is 1.65. The highest BCUT2D eigenvalue weighted by molar-refractivity contribution is 5.66. The van der Waals surface area contributed by atoms with Crippen molar-refractivity contribution >= 4 is 5.97 Å². The third-order valence-corrected chi connectivity index (χ3v) is 3.35. The monoisotopic (exact) mass is 279 g/mol. The maximum Gasteiger partial charge on any atom is 0.303 e. The zero-order valence-corrected chi connectivity index (χ0v) is 12.1. The second kappa shape index (κ2) is 7.24. The maximum atomic E-state index is 11.2. The number of aromatic nitrogens is 1. The zero-order valence-electron chi connectivity index (χ0n) is 12.1. The molecule has 110 valence electrons. The van der Waals surface area contributed by atoms with Crippen molar-refractivity contribution in [1.29, 1.82) is 0 Å². The largest absolute Gasteiger partial charge is 0.491 e. The standard InChI is InChI=1S/C15H21NO4/c1-11(17)20-14-6-4-3-5-12-13(19-10-9-18-2)7-8-16-15(12)14/h7-8,14H,3-6,9-10H2,1-2H3. The average Bonchev–Trinajstić information content (AvgIpc) is 2.62. The molecular formula is C15H21NO4. The molecule has 0 radical (unpaired) electrons. The second-order valence-electron chi connectivity index (χ2n) is 4.86. The predicted molar refractivity (Wildman–Crippen MR) is 73.7 cm³/mol. The van der Waals surface area contributed by atoms with Crippen LogP contribution in [-0.2, 0) is 20.7 Å². The number of ether oxygens (including phenoxy) is 3. The number of pyridine rings is 1. The molecule has 0 amide bonds. The molecule has 5 heteroatoms. The molecule has 0 aliphatic heterocycles. The summed E-state index contributed by atoms with van der Waals surface area (Å²) in [4.78, 5) is 15.6. The van der Waals surface area contributed by atoms with Crippen molar-refractivity contribution in [2.45, 2.75) is 38.7 Å². The van der Waals surface area contributed by atoms with Gasteiger partial charge in [0.15, 0.2) is 0 Å². The van der Waals surface area contributed by atoms with E-state index in [4.69, 9.17) is 14.2 Å². The number of nitrogens with zero attached hydrogens (tertiary/aromatic N) is 1. The van der Waals surface area contributed by atoms with E-state index < -0.39 is 0 Å². The molecule has 1 aromatic heterocycles. The number of methoxy groups -OCH3 is 1. The minimum absolute atomic E-state index is 0.254. The molecule has 0 N–H and O–H groups in total. The van der Waals surface area contributed by atoms with Gasteiger partial charge in [-0.05, 0) is 31.7 Å². The summed E-state index contributed by atoms with van der Waals surface area (Å²) < 4.78 is 16.1. The Kier molecular flexibility index (Phi) is 5.35. The molecular weight excluding hydrogens is 258 g/mol. The molecule has 5 nitrogen and oxygen atoms in total. The lowest BCUT2D eigenvalue weighted by molar-refractivity contribution is -0.147. The summed E-state index contributed by atoms with van der Waals surface area (Å²) in [5, 5.41) is 0. The Hall–Kier alpha value is -1.62. The van der Waals surface area contributed by atoms with Crippen LogP contribution in [0.5, 0.6) is 5.75 Å². The molecule has 0 aromatic carbocycles. The Morgan fingerprint density at radius 1 is 1.40 bits per heavy atom. The molecule has 2 rings (SSSR count). The number of carbonyl (C=O) groups is 1. The summed E-state index contributed by atoms with van der Waals surface area (Å²) in [5.74, 6) is 0.557. The SMILES string of the molecule is COCCOc1ccnc2c1CCCCC2OC(C)=O. The van der Waals surface area contributed by atoms with Gasteiger partial charge < -0.3 is 14.2 Å². The van der Waals surface area contributed by atoms with E-state index in [0.29, 0.717) is 13.2 Å². The molecule has 1 heterocycles. The maximum absolute atomic E-state index is 11.2. The molecule has 1 aromatic rings. The van der Waals surface area contributed by atoms with E-state index in [1.165, 1.54) is 6.92 Å². The highest BCUT2D eigenvalue weighted by Gasteiger charge is 2.24. The molecule has 1 unspecified atom stereocenters. The number of esters is 1. The molecule has 20 heavy (non-hydrogen) atoms. The van der Waals surface area contributed by atoms with Crippen LogP contribution in [0.4, 0.5) is 0 Å². The van der Waals surface area contributed by atoms with Crippen molar-refractivity contribution in [2.24, 2.45) is 0 Å². The Balaban J connectivity index is 2.23. The van der Waals surface area contributed by atoms with Gasteiger partial charge in [-0.3, -0.25) is 9.78 Å². The van der Waals surface area contributed by atoms with Crippen LogP contribution in [0.2, 0.25) is 0 Å². The highest BCUT2D eigenvalue weighted by atomic mass is 16.5. The van der Waals surface area contributed by atoms with Crippen LogP contribution in [0, 0.1) is 0 Å². The number of carbonyl (C=O) groups excluding carboxylic acids is 1. The van der Waals surface area contributed by atoms with E-state index >= 15 is 0 Å². The van der Waals surface area contributed by atoms with Crippen molar-refractivity contribution in [2.75, 3.05) is 20.3 Å². The van der Waals surface area contributed by atoms with E-state index in [0.717, 1.165) is 42.7 Å². The first-order valence-electron chi connectivity index (χ1n) is 6.99. The first-order chi connectivity index (χ1) is 9.72. The molecule has 1 aliphatic rings. The number of fused-ring (bicyclic) bond motifs is 1. The van der Waals surface area contributed by atoms with E-state index in [1.807, 2.05) is 6.07 Å². The minimum atomic E-state index is -0.268. The third-order valence-electron chi connectivity index (χ3n) is 3.35. The van der Waals surface area contributed by atoms with Gasteiger partial charge >= 0.3 is 5.97 Å². The van der Waals surface area contributed by atoms with E-state index in [-0.39, 0.29) is 12.1 Å². The van der Waals surface area contributed by atoms with Gasteiger partial charge in [0, 0.05) is 25.8 Å². The number of hydrogen-bond donors (Lipinski definition) is 0. The smallest absolute Gasteiger partial charge is 0.303 e. The lowest BCUT2D eigenvalue weighted by atomic mass is 10.1. The van der Waals surface area contributed by atoms with Crippen molar-refractivity contribution in [3.05, 3.63) is 23.5 Å². The van der Waals surface area contributed by atoms with Gasteiger partial charge in [-0.2, -0.15) is 0 Å². The van der Waals surface area contributed by atoms with Gasteiger partial charge in [-0.15, -0.1) is 0 Å². The van der Waals surface area contributed by atoms with Crippen molar-refractivity contribution in [3.63, 3.8) is 0 Å². The normalized spacial score (nSPS) is 18.0. The van der Waals surface area contributed by atoms with Crippen molar-refractivity contribution in [3.8, 4) is 5.75 Å². The fourth-order valence-electron chi connectivity index (χ4n) is 2.47. The summed E-state index contributed by atoms with van der Waals surface area (Å²) >= 11 is 0. The Morgan fingerprint density at radius 2 is 2.25 bits per heavy atom. The van der Waals surface area contributed by atoms with E-state index in [1.54, 1.807) is 13.3 Å². The zero-order chi connectivity index (χ0) is 14.4. The fourth-order valence-corrected chi connectivity index (χ4v) is 2.47. The van der Waals surface area contributed by atoms with Gasteiger partial charge in [0.05, 0.1) is 12.3 Å². The minimum Gasteiger partial charge on any atom is -0.491 e. The molecule has 1 aliphatic carbocycles. The average molecular weight is 279 g/mol. The quantitative estimate of drug-likeness (QED) is 0.471. The first kappa shape index (κ1) is 14.8. The van der Waals surface area contributed by atoms with Gasteiger partial charge in [0.25, 0.3) is 0 Å². The molecule has 0 spiro atoms. The summed E-state index contributed by atoms with van der Waals surface area (Å²) in [6.45, 7) is 2.49. The summed E-state index contributed by atoms with van der Waals surface area (Å²) in [6.07, 6.45) is 5.26. The van der Waals surface area contributed by atoms with Crippen LogP contribution in [0.1, 0.15) is 43.5 Å². The van der Waals surface area contributed by atoms with Crippen LogP contribution in [-0.4, -0.2) is 31.3 Å². The Labute approximate surface area is 119 Å². The summed E-state index contributed by atoms with van der Waals surface area (Å²) in [6, 6.07) is 1.87. The fraction of sp³-hybridized carbons (Fsp3) is 0.600. The Bertz CT molecular complexity index is 461. The van der Waals surface area contributed by atoms with Crippen molar-refractivity contribution < 1.29 is 19.0 Å². The molecule has 0 fully saturated rings. The first-order valence-corrected chi connectivity index (χ1v) is 6.99. The molecule has 0 saturated heterocycles. The van der Waals surface area contributed by atoms with Crippen LogP contribution < -0.4 is 4.74 Å². The predicted octanol–water partition coefficient (Wildman–Crippen LogP) is 2.44. The second-order valence-corrected chi connectivity index (χ2v) is 4.86. The topological polar surface area (TPSA) is 57.6 Å². The van der Waals surface area contributed by atoms with Gasteiger partial charge in [-0.25, -0.2) is 0 Å². The van der Waals surface area contributed by atoms with Crippen LogP contribution in [0.25, 0.3) is 0 Å². The van der Waals surface area contributed by atoms with Crippen LogP contribution in [0.3, 0.4) is 0 Å². The Morgan fingerprint density at radius 3 is 3.00 bits per heavy atom. The van der Waals surface area contributed by atoms with Crippen molar-refractivity contribution in [1.82, 2.24) is 4.98 Å². The van der Waals surface area contributed by atoms with Gasteiger partial charge in [0.2, 0.25) is 0 Å². The molecule has 0 bridgehead atoms. The third kappa shape index (κ3) is 3.70. The van der Waals surface area contributed by atoms with Crippen LogP contribution >= 0.6 is 0 Å². The summed E-state index contributed by atoms with van der Waals surface area (Å²) in [5.41, 5.74) is 1.90. The lowest BCUT2D eigenvalue weighted by Crippen LogP contribution is -2.12. The van der Waals surface area contributed by atoms with Gasteiger partial charge in [0.1, 0.15) is 18.5 Å². The highest BCUT2D eigenvalue weighted by Crippen LogP contribution is 2.34. The van der Waals surface area contributed by atoms with E-state index in [2.05, 4.69) is 4.98 Å². The van der Waals surface area contributed by atoms with Gasteiger partial charge in [-0.1, -0.05) is 0 Å². The molecule has 0 saturated carbocycles. The lowest BCUT2D eigenvalue weighted by Gasteiger charge is -2.18. The number of hydrogen-bond acceptors (Lipinski definition) is 5.